The van der Waals surface area contributed by atoms with Crippen LogP contribution in [0.15, 0.2) is 18.2 Å². The van der Waals surface area contributed by atoms with Crippen LogP contribution < -0.4 is 0 Å². The molecule has 0 atom stereocenters. The zero-order valence-electron chi connectivity index (χ0n) is 10.9. The summed E-state index contributed by atoms with van der Waals surface area (Å²) in [5.74, 6) is -1.95. The van der Waals surface area contributed by atoms with Gasteiger partial charge in [-0.05, 0) is 26.0 Å². The van der Waals surface area contributed by atoms with Gasteiger partial charge in [0.2, 0.25) is 0 Å². The smallest absolute Gasteiger partial charge is 0.325 e. The van der Waals surface area contributed by atoms with Gasteiger partial charge in [-0.3, -0.25) is 9.59 Å². The highest BCUT2D eigenvalue weighted by molar-refractivity contribution is 6.31. The molecule has 0 aliphatic carbocycles. The number of esters is 1. The second-order valence-electron chi connectivity index (χ2n) is 4.20. The van der Waals surface area contributed by atoms with Crippen molar-refractivity contribution in [1.82, 2.24) is 4.90 Å². The lowest BCUT2D eigenvalue weighted by Gasteiger charge is -2.25. The Bertz CT molecular complexity index is 491. The maximum Gasteiger partial charge on any atom is 0.325 e. The fourth-order valence-electron chi connectivity index (χ4n) is 1.52. The van der Waals surface area contributed by atoms with E-state index in [1.807, 2.05) is 0 Å². The van der Waals surface area contributed by atoms with Gasteiger partial charge in [0.25, 0.3) is 5.91 Å². The number of nitrogens with zero attached hydrogens (tertiary/aromatic N) is 1. The molecule has 6 heteroatoms. The molecular formula is C13H15ClFNO3. The lowest BCUT2D eigenvalue weighted by Crippen LogP contribution is -2.41. The van der Waals surface area contributed by atoms with Crippen LogP contribution in [0.2, 0.25) is 5.02 Å². The van der Waals surface area contributed by atoms with E-state index in [0.29, 0.717) is 0 Å². The Morgan fingerprint density at radius 1 is 1.42 bits per heavy atom. The minimum absolute atomic E-state index is 0.132. The number of benzene rings is 1. The van der Waals surface area contributed by atoms with Gasteiger partial charge in [0.05, 0.1) is 17.7 Å². The van der Waals surface area contributed by atoms with Crippen molar-refractivity contribution in [3.63, 3.8) is 0 Å². The van der Waals surface area contributed by atoms with E-state index in [4.69, 9.17) is 11.6 Å². The van der Waals surface area contributed by atoms with E-state index < -0.39 is 17.7 Å². The molecule has 0 aromatic heterocycles. The van der Waals surface area contributed by atoms with Gasteiger partial charge in [0.15, 0.2) is 5.82 Å². The number of amides is 1. The Hall–Kier alpha value is -1.62. The molecule has 0 aliphatic rings. The van der Waals surface area contributed by atoms with Crippen LogP contribution in [0.5, 0.6) is 0 Å². The summed E-state index contributed by atoms with van der Waals surface area (Å²) in [6, 6.07) is 3.89. The average molecular weight is 288 g/mol. The fraction of sp³-hybridized carbons (Fsp3) is 0.385. The molecule has 4 nitrogen and oxygen atoms in total. The molecule has 1 aromatic rings. The Morgan fingerprint density at radius 3 is 2.58 bits per heavy atom. The molecule has 0 aliphatic heterocycles. The lowest BCUT2D eigenvalue weighted by molar-refractivity contribution is -0.141. The van der Waals surface area contributed by atoms with Gasteiger partial charge in [0, 0.05) is 6.04 Å². The number of rotatable bonds is 4. The molecule has 104 valence electrons. The summed E-state index contributed by atoms with van der Waals surface area (Å²) in [6.07, 6.45) is 0. The number of carbonyl (C=O) groups excluding carboxylic acids is 2. The van der Waals surface area contributed by atoms with Crippen molar-refractivity contribution in [1.29, 1.82) is 0 Å². The second kappa shape index (κ2) is 6.52. The summed E-state index contributed by atoms with van der Waals surface area (Å²) >= 11 is 5.64. The molecular weight excluding hydrogens is 273 g/mol. The molecule has 0 unspecified atom stereocenters. The predicted octanol–water partition coefficient (Wildman–Crippen LogP) is 2.50. The molecule has 0 fully saturated rings. The molecule has 0 bridgehead atoms. The van der Waals surface area contributed by atoms with Crippen LogP contribution in [0.4, 0.5) is 4.39 Å². The summed E-state index contributed by atoms with van der Waals surface area (Å²) in [4.78, 5) is 24.7. The van der Waals surface area contributed by atoms with E-state index in [1.54, 1.807) is 13.8 Å². The van der Waals surface area contributed by atoms with Crippen molar-refractivity contribution < 1.29 is 18.7 Å². The quantitative estimate of drug-likeness (QED) is 0.800. The Labute approximate surface area is 116 Å². The Kier molecular flexibility index (Phi) is 5.30. The summed E-state index contributed by atoms with van der Waals surface area (Å²) in [5, 5.41) is -0.132. The van der Waals surface area contributed by atoms with Gasteiger partial charge in [-0.15, -0.1) is 0 Å². The third-order valence-electron chi connectivity index (χ3n) is 2.59. The molecule has 19 heavy (non-hydrogen) atoms. The molecule has 1 aromatic carbocycles. The Morgan fingerprint density at radius 2 is 2.05 bits per heavy atom. The molecule has 1 rings (SSSR count). The van der Waals surface area contributed by atoms with Gasteiger partial charge in [-0.1, -0.05) is 17.7 Å². The second-order valence-corrected chi connectivity index (χ2v) is 4.61. The minimum atomic E-state index is -0.787. The first-order valence-corrected chi connectivity index (χ1v) is 6.08. The molecule has 0 N–H and O–H groups in total. The molecule has 0 saturated heterocycles. The van der Waals surface area contributed by atoms with E-state index >= 15 is 0 Å². The number of hydrogen-bond donors (Lipinski definition) is 0. The maximum absolute atomic E-state index is 13.8. The SMILES string of the molecule is COC(=O)CN(C(=O)c1cccc(Cl)c1F)C(C)C. The summed E-state index contributed by atoms with van der Waals surface area (Å²) in [5.41, 5.74) is -0.162. The third-order valence-corrected chi connectivity index (χ3v) is 2.89. The molecule has 0 radical (unpaired) electrons. The first-order valence-electron chi connectivity index (χ1n) is 5.70. The largest absolute Gasteiger partial charge is 0.468 e. The topological polar surface area (TPSA) is 46.6 Å². The summed E-state index contributed by atoms with van der Waals surface area (Å²) in [6.45, 7) is 3.21. The number of methoxy groups -OCH3 is 1. The number of carbonyl (C=O) groups is 2. The molecule has 0 heterocycles. The van der Waals surface area contributed by atoms with Crippen LogP contribution in [0.3, 0.4) is 0 Å². The van der Waals surface area contributed by atoms with Gasteiger partial charge in [0.1, 0.15) is 6.54 Å². The standard InChI is InChI=1S/C13H15ClFNO3/c1-8(2)16(7-11(17)19-3)13(18)9-5-4-6-10(14)12(9)15/h4-6,8H,7H2,1-3H3. The summed E-state index contributed by atoms with van der Waals surface area (Å²) < 4.78 is 18.3. The molecule has 1 amide bonds. The average Bonchev–Trinajstić information content (AvgIpc) is 2.37. The highest BCUT2D eigenvalue weighted by atomic mass is 35.5. The first-order chi connectivity index (χ1) is 8.88. The fourth-order valence-corrected chi connectivity index (χ4v) is 1.69. The zero-order valence-corrected chi connectivity index (χ0v) is 11.7. The van der Waals surface area contributed by atoms with Crippen LogP contribution in [-0.4, -0.2) is 36.5 Å². The van der Waals surface area contributed by atoms with E-state index in [9.17, 15) is 14.0 Å². The van der Waals surface area contributed by atoms with Crippen molar-refractivity contribution in [3.05, 3.63) is 34.6 Å². The van der Waals surface area contributed by atoms with Crippen LogP contribution in [0.1, 0.15) is 24.2 Å². The number of halogens is 2. The molecule has 0 saturated carbocycles. The molecule has 0 spiro atoms. The van der Waals surface area contributed by atoms with E-state index in [0.717, 1.165) is 0 Å². The first kappa shape index (κ1) is 15.4. The zero-order chi connectivity index (χ0) is 14.6. The van der Waals surface area contributed by atoms with Crippen LogP contribution >= 0.6 is 11.6 Å². The van der Waals surface area contributed by atoms with Gasteiger partial charge >= 0.3 is 5.97 Å². The number of hydrogen-bond acceptors (Lipinski definition) is 3. The van der Waals surface area contributed by atoms with Gasteiger partial charge in [-0.2, -0.15) is 0 Å². The normalized spacial score (nSPS) is 10.4. The highest BCUT2D eigenvalue weighted by Crippen LogP contribution is 2.20. The third kappa shape index (κ3) is 3.67. The van der Waals surface area contributed by atoms with Crippen molar-refractivity contribution in [3.8, 4) is 0 Å². The van der Waals surface area contributed by atoms with Gasteiger partial charge in [-0.25, -0.2) is 4.39 Å². The number of ether oxygens (including phenoxy) is 1. The van der Waals surface area contributed by atoms with Crippen LogP contribution in [-0.2, 0) is 9.53 Å². The van der Waals surface area contributed by atoms with Crippen molar-refractivity contribution in [2.24, 2.45) is 0 Å². The van der Waals surface area contributed by atoms with Crippen LogP contribution in [0.25, 0.3) is 0 Å². The van der Waals surface area contributed by atoms with E-state index in [-0.39, 0.29) is 23.2 Å². The van der Waals surface area contributed by atoms with Crippen molar-refractivity contribution in [2.75, 3.05) is 13.7 Å². The van der Waals surface area contributed by atoms with E-state index in [2.05, 4.69) is 4.74 Å². The lowest BCUT2D eigenvalue weighted by atomic mass is 10.1. The predicted molar refractivity (Wildman–Crippen MR) is 69.6 cm³/mol. The minimum Gasteiger partial charge on any atom is -0.468 e. The van der Waals surface area contributed by atoms with E-state index in [1.165, 1.54) is 30.2 Å². The highest BCUT2D eigenvalue weighted by Gasteiger charge is 2.24. The Balaban J connectivity index is 3.06. The van der Waals surface area contributed by atoms with Crippen molar-refractivity contribution in [2.45, 2.75) is 19.9 Å². The monoisotopic (exact) mass is 287 g/mol. The van der Waals surface area contributed by atoms with Crippen LogP contribution in [0, 0.1) is 5.82 Å². The van der Waals surface area contributed by atoms with Crippen molar-refractivity contribution >= 4 is 23.5 Å². The van der Waals surface area contributed by atoms with Gasteiger partial charge < -0.3 is 9.64 Å². The maximum atomic E-state index is 13.8. The summed E-state index contributed by atoms with van der Waals surface area (Å²) in [7, 11) is 1.23.